The van der Waals surface area contributed by atoms with Gasteiger partial charge in [-0.25, -0.2) is 4.79 Å². The van der Waals surface area contributed by atoms with E-state index >= 15 is 0 Å². The van der Waals surface area contributed by atoms with Crippen molar-refractivity contribution in [2.75, 3.05) is 0 Å². The number of rotatable bonds is 3. The van der Waals surface area contributed by atoms with Gasteiger partial charge in [0.15, 0.2) is 5.78 Å². The van der Waals surface area contributed by atoms with Crippen molar-refractivity contribution in [3.05, 3.63) is 46.6 Å². The largest absolute Gasteiger partial charge is 0.454 e. The maximum absolute atomic E-state index is 13.4. The van der Waals surface area contributed by atoms with E-state index in [2.05, 4.69) is 34.6 Å². The fourth-order valence-electron chi connectivity index (χ4n) is 7.84. The van der Waals surface area contributed by atoms with Gasteiger partial charge in [0.25, 0.3) is 0 Å². The Labute approximate surface area is 204 Å². The van der Waals surface area contributed by atoms with E-state index in [1.54, 1.807) is 6.92 Å². The Morgan fingerprint density at radius 1 is 1.06 bits per heavy atom. The molecular weight excluding hydrogens is 424 g/mol. The van der Waals surface area contributed by atoms with Gasteiger partial charge in [0.2, 0.25) is 0 Å². The number of hydrogen-bond acceptors (Lipinski definition) is 4. The van der Waals surface area contributed by atoms with E-state index in [1.165, 1.54) is 0 Å². The first-order valence-corrected chi connectivity index (χ1v) is 12.8. The van der Waals surface area contributed by atoms with Crippen molar-refractivity contribution in [2.24, 2.45) is 28.1 Å². The van der Waals surface area contributed by atoms with Crippen LogP contribution in [0.2, 0.25) is 0 Å². The molecule has 4 aliphatic rings. The van der Waals surface area contributed by atoms with Gasteiger partial charge in [-0.2, -0.15) is 0 Å². The summed E-state index contributed by atoms with van der Waals surface area (Å²) < 4.78 is 5.51. The predicted molar refractivity (Wildman–Crippen MR) is 134 cm³/mol. The quantitative estimate of drug-likeness (QED) is 0.273. The molecule has 0 N–H and O–H groups in total. The number of carbonyl (C=O) groups excluding carboxylic acids is 3. The van der Waals surface area contributed by atoms with Crippen LogP contribution in [0.3, 0.4) is 0 Å². The molecule has 3 saturated carbocycles. The fourth-order valence-corrected chi connectivity index (χ4v) is 7.84. The smallest absolute Gasteiger partial charge is 0.333 e. The van der Waals surface area contributed by atoms with E-state index in [0.717, 1.165) is 36.0 Å². The van der Waals surface area contributed by atoms with Crippen molar-refractivity contribution in [3.63, 3.8) is 0 Å². The number of fused-ring (bicyclic) bond motifs is 3. The van der Waals surface area contributed by atoms with Gasteiger partial charge >= 0.3 is 5.97 Å². The molecule has 0 amide bonds. The molecule has 0 aromatic carbocycles. The highest BCUT2D eigenvalue weighted by atomic mass is 16.5. The van der Waals surface area contributed by atoms with Gasteiger partial charge in [-0.05, 0) is 68.4 Å². The summed E-state index contributed by atoms with van der Waals surface area (Å²) >= 11 is 0. The summed E-state index contributed by atoms with van der Waals surface area (Å²) in [6.07, 6.45) is 12.5. The number of ether oxygens (including phenoxy) is 1. The predicted octanol–water partition coefficient (Wildman–Crippen LogP) is 6.47. The van der Waals surface area contributed by atoms with Gasteiger partial charge in [0.1, 0.15) is 11.9 Å². The van der Waals surface area contributed by atoms with Gasteiger partial charge in [0, 0.05) is 41.2 Å². The third-order valence-electron chi connectivity index (χ3n) is 9.85. The van der Waals surface area contributed by atoms with Crippen LogP contribution in [-0.4, -0.2) is 23.6 Å². The Morgan fingerprint density at radius 3 is 2.44 bits per heavy atom. The van der Waals surface area contributed by atoms with Crippen molar-refractivity contribution in [1.82, 2.24) is 0 Å². The average Bonchev–Trinajstić information content (AvgIpc) is 3.04. The van der Waals surface area contributed by atoms with E-state index in [1.807, 2.05) is 31.2 Å². The highest BCUT2D eigenvalue weighted by Gasteiger charge is 2.64. The van der Waals surface area contributed by atoms with Crippen molar-refractivity contribution in [3.8, 4) is 0 Å². The molecule has 4 rings (SSSR count). The molecule has 0 aromatic rings. The van der Waals surface area contributed by atoms with Gasteiger partial charge in [-0.15, -0.1) is 0 Å². The van der Waals surface area contributed by atoms with E-state index in [9.17, 15) is 14.4 Å². The van der Waals surface area contributed by atoms with Gasteiger partial charge in [0.05, 0.1) is 0 Å². The summed E-state index contributed by atoms with van der Waals surface area (Å²) in [5.41, 5.74) is 3.23. The molecule has 1 unspecified atom stereocenters. The number of hydrogen-bond donors (Lipinski definition) is 0. The number of esters is 1. The molecule has 1 heterocycles. The summed E-state index contributed by atoms with van der Waals surface area (Å²) in [7, 11) is 0. The minimum atomic E-state index is -0.308. The lowest BCUT2D eigenvalue weighted by atomic mass is 9.43. The van der Waals surface area contributed by atoms with Crippen LogP contribution in [0.4, 0.5) is 0 Å². The van der Waals surface area contributed by atoms with Crippen LogP contribution in [0.25, 0.3) is 0 Å². The molecule has 3 aliphatic carbocycles. The molecule has 34 heavy (non-hydrogen) atoms. The topological polar surface area (TPSA) is 60.4 Å². The Hall–Kier alpha value is -2.23. The van der Waals surface area contributed by atoms with Gasteiger partial charge in [-0.3, -0.25) is 9.59 Å². The molecule has 0 spiro atoms. The second-order valence-corrected chi connectivity index (χ2v) is 12.2. The lowest BCUT2D eigenvalue weighted by Gasteiger charge is -2.60. The third kappa shape index (κ3) is 3.78. The molecule has 0 saturated heterocycles. The Balaban J connectivity index is 1.59. The monoisotopic (exact) mass is 464 g/mol. The summed E-state index contributed by atoms with van der Waals surface area (Å²) in [4.78, 5) is 38.0. The first kappa shape index (κ1) is 24.9. The van der Waals surface area contributed by atoms with Crippen LogP contribution in [0, 0.1) is 28.1 Å². The first-order chi connectivity index (χ1) is 15.8. The second kappa shape index (κ2) is 8.46. The van der Waals surface area contributed by atoms with Crippen molar-refractivity contribution in [2.45, 2.75) is 93.1 Å². The lowest BCUT2D eigenvalue weighted by molar-refractivity contribution is -0.154. The Morgan fingerprint density at radius 2 is 1.76 bits per heavy atom. The molecular formula is C30H40O4. The van der Waals surface area contributed by atoms with Gasteiger partial charge < -0.3 is 4.74 Å². The van der Waals surface area contributed by atoms with Crippen LogP contribution in [0.15, 0.2) is 46.6 Å². The SMILES string of the molecule is CC1=CC[C@@H](/C(C)=C/C=C/C(C)=C2\C(=O)C[C@H]3[C@@]4(C)CCC(=O)C(C)(C)C4CC[C@]23C)OC1=O. The average molecular weight is 465 g/mol. The zero-order valence-corrected chi connectivity index (χ0v) is 21.9. The maximum atomic E-state index is 13.4. The Kier molecular flexibility index (Phi) is 6.19. The summed E-state index contributed by atoms with van der Waals surface area (Å²) in [6, 6.07) is 0. The van der Waals surface area contributed by atoms with E-state index in [0.29, 0.717) is 36.5 Å². The summed E-state index contributed by atoms with van der Waals surface area (Å²) in [5.74, 6) is 1.02. The van der Waals surface area contributed by atoms with E-state index in [-0.39, 0.29) is 40.0 Å². The molecule has 0 aromatic heterocycles. The molecule has 5 atom stereocenters. The second-order valence-electron chi connectivity index (χ2n) is 12.2. The molecule has 4 heteroatoms. The summed E-state index contributed by atoms with van der Waals surface area (Å²) in [6.45, 7) is 14.7. The van der Waals surface area contributed by atoms with Gasteiger partial charge in [-0.1, -0.05) is 52.0 Å². The fraction of sp³-hybridized carbons (Fsp3) is 0.633. The minimum Gasteiger partial charge on any atom is -0.454 e. The summed E-state index contributed by atoms with van der Waals surface area (Å²) in [5, 5.41) is 0. The van der Waals surface area contributed by atoms with Crippen molar-refractivity contribution < 1.29 is 19.1 Å². The zero-order valence-electron chi connectivity index (χ0n) is 21.9. The standard InChI is InChI=1S/C30H40O4/c1-18(22-12-11-20(3)27(33)34-22)9-8-10-19(2)26-21(31)17-24-29(6)16-14-25(32)28(4,5)23(29)13-15-30(24,26)7/h8-11,22-24H,12-17H2,1-7H3/b10-8+,18-9+,26-19+/t22-,23?,24-,29-,30-/m0/s1. The molecule has 4 nitrogen and oxygen atoms in total. The van der Waals surface area contributed by atoms with E-state index in [4.69, 9.17) is 4.74 Å². The van der Waals surface area contributed by atoms with E-state index < -0.39 is 0 Å². The van der Waals surface area contributed by atoms with Crippen LogP contribution < -0.4 is 0 Å². The lowest BCUT2D eigenvalue weighted by Crippen LogP contribution is -2.56. The Bertz CT molecular complexity index is 1050. The highest BCUT2D eigenvalue weighted by molar-refractivity contribution is 6.01. The van der Waals surface area contributed by atoms with Crippen LogP contribution in [0.5, 0.6) is 0 Å². The number of allylic oxidation sites excluding steroid dienone is 5. The van der Waals surface area contributed by atoms with Crippen LogP contribution >= 0.6 is 0 Å². The zero-order chi connectivity index (χ0) is 25.1. The third-order valence-corrected chi connectivity index (χ3v) is 9.85. The first-order valence-electron chi connectivity index (χ1n) is 12.8. The normalized spacial score (nSPS) is 39.5. The molecule has 0 radical (unpaired) electrons. The number of carbonyl (C=O) groups is 3. The number of Topliss-reactive ketones (excluding diaryl/α,β-unsaturated/α-hetero) is 2. The molecule has 3 fully saturated rings. The molecule has 0 bridgehead atoms. The molecule has 184 valence electrons. The van der Waals surface area contributed by atoms with Crippen LogP contribution in [-0.2, 0) is 19.1 Å². The molecule has 1 aliphatic heterocycles. The maximum Gasteiger partial charge on any atom is 0.333 e. The van der Waals surface area contributed by atoms with Crippen LogP contribution in [0.1, 0.15) is 87.0 Å². The number of cyclic esters (lactones) is 1. The van der Waals surface area contributed by atoms with Crippen molar-refractivity contribution >= 4 is 17.5 Å². The minimum absolute atomic E-state index is 0.0127. The van der Waals surface area contributed by atoms with Crippen molar-refractivity contribution in [1.29, 1.82) is 0 Å². The highest BCUT2D eigenvalue weighted by Crippen LogP contribution is 2.68. The number of ketones is 2.